The summed E-state index contributed by atoms with van der Waals surface area (Å²) in [6, 6.07) is 20.6. The molecule has 0 saturated carbocycles. The molecule has 1 heterocycles. The molecule has 4 rings (SSSR count). The fourth-order valence-corrected chi connectivity index (χ4v) is 3.17. The molecule has 0 N–H and O–H groups in total. The van der Waals surface area contributed by atoms with Gasteiger partial charge < -0.3 is 9.15 Å². The van der Waals surface area contributed by atoms with E-state index in [9.17, 15) is 0 Å². The fraction of sp³-hybridized carbons (Fsp3) is 0.0909. The summed E-state index contributed by atoms with van der Waals surface area (Å²) in [5.41, 5.74) is 4.33. The number of hydrogen-bond acceptors (Lipinski definition) is 2. The largest absolute Gasteiger partial charge is 0.468 e. The summed E-state index contributed by atoms with van der Waals surface area (Å²) in [4.78, 5) is 0. The molecule has 0 atom stereocenters. The average molecular weight is 314 g/mol. The zero-order valence-corrected chi connectivity index (χ0v) is 13.5. The number of furan rings is 1. The molecule has 0 spiro atoms. The topological polar surface area (TPSA) is 22.4 Å². The molecular weight excluding hydrogens is 296 g/mol. The predicted octanol–water partition coefficient (Wildman–Crippen LogP) is 5.83. The zero-order valence-electron chi connectivity index (χ0n) is 13.5. The van der Waals surface area contributed by atoms with Gasteiger partial charge in [0.15, 0.2) is 0 Å². The van der Waals surface area contributed by atoms with Crippen LogP contribution < -0.4 is 4.74 Å². The highest BCUT2D eigenvalue weighted by atomic mass is 16.6. The van der Waals surface area contributed by atoms with Gasteiger partial charge in [-0.15, -0.1) is 0 Å². The molecule has 2 heteroatoms. The lowest BCUT2D eigenvalue weighted by Crippen LogP contribution is -1.91. The second-order valence-electron chi connectivity index (χ2n) is 5.74. The summed E-state index contributed by atoms with van der Waals surface area (Å²) < 4.78 is 11.8. The van der Waals surface area contributed by atoms with Gasteiger partial charge in [0, 0.05) is 5.56 Å². The van der Waals surface area contributed by atoms with E-state index in [1.807, 2.05) is 36.4 Å². The monoisotopic (exact) mass is 314 g/mol. The second kappa shape index (κ2) is 6.25. The van der Waals surface area contributed by atoms with Crippen LogP contribution in [0.4, 0.5) is 0 Å². The van der Waals surface area contributed by atoms with Gasteiger partial charge in [0.25, 0.3) is 5.95 Å². The van der Waals surface area contributed by atoms with Crippen LogP contribution in [0.25, 0.3) is 22.3 Å². The molecular formula is C22H18O2. The van der Waals surface area contributed by atoms with E-state index in [1.165, 1.54) is 0 Å². The highest BCUT2D eigenvalue weighted by Gasteiger charge is 2.27. The first-order valence-electron chi connectivity index (χ1n) is 8.05. The Morgan fingerprint density at radius 3 is 1.83 bits per heavy atom. The molecule has 2 aromatic carbocycles. The van der Waals surface area contributed by atoms with Crippen molar-refractivity contribution in [1.82, 2.24) is 0 Å². The van der Waals surface area contributed by atoms with E-state index in [2.05, 4.69) is 48.6 Å². The van der Waals surface area contributed by atoms with E-state index in [0.29, 0.717) is 5.95 Å². The Hall–Kier alpha value is -3.00. The quantitative estimate of drug-likeness (QED) is 0.604. The summed E-state index contributed by atoms with van der Waals surface area (Å²) in [6.07, 6.45) is 8.38. The summed E-state index contributed by atoms with van der Waals surface area (Å²) in [5, 5.41) is 0. The van der Waals surface area contributed by atoms with Crippen LogP contribution in [0.5, 0.6) is 5.95 Å². The minimum absolute atomic E-state index is 0.131. The minimum atomic E-state index is 0.131. The highest BCUT2D eigenvalue weighted by Crippen LogP contribution is 2.47. The molecule has 1 aromatic heterocycles. The first kappa shape index (κ1) is 14.6. The normalized spacial score (nSPS) is 13.5. The second-order valence-corrected chi connectivity index (χ2v) is 5.74. The van der Waals surface area contributed by atoms with Crippen molar-refractivity contribution in [3.63, 3.8) is 0 Å². The van der Waals surface area contributed by atoms with E-state index in [0.717, 1.165) is 28.0 Å². The summed E-state index contributed by atoms with van der Waals surface area (Å²) in [6.45, 7) is 0. The first-order chi connectivity index (χ1) is 11.9. The molecule has 118 valence electrons. The van der Waals surface area contributed by atoms with Crippen molar-refractivity contribution in [2.75, 3.05) is 7.11 Å². The van der Waals surface area contributed by atoms with Gasteiger partial charge in [0.2, 0.25) is 0 Å². The Balaban J connectivity index is 2.01. The van der Waals surface area contributed by atoms with E-state index in [1.54, 1.807) is 7.11 Å². The third-order valence-corrected chi connectivity index (χ3v) is 4.26. The number of allylic oxidation sites excluding steroid dienone is 4. The van der Waals surface area contributed by atoms with Gasteiger partial charge in [-0.3, -0.25) is 0 Å². The predicted molar refractivity (Wildman–Crippen MR) is 97.2 cm³/mol. The lowest BCUT2D eigenvalue weighted by Gasteiger charge is -2.09. The number of benzene rings is 2. The lowest BCUT2D eigenvalue weighted by atomic mass is 9.92. The maximum absolute atomic E-state index is 6.16. The Bertz CT molecular complexity index is 874. The molecule has 0 aliphatic heterocycles. The Kier molecular flexibility index (Phi) is 3.80. The maximum Gasteiger partial charge on any atom is 0.293 e. The average Bonchev–Trinajstić information content (AvgIpc) is 3.30. The SMILES string of the molecule is COc1oc(C2C=CC=C2)c(-c2ccccc2)c1-c1ccccc1. The third-order valence-electron chi connectivity index (χ3n) is 4.26. The molecule has 0 fully saturated rings. The van der Waals surface area contributed by atoms with Crippen LogP contribution in [0.1, 0.15) is 11.7 Å². The van der Waals surface area contributed by atoms with Crippen molar-refractivity contribution < 1.29 is 9.15 Å². The maximum atomic E-state index is 6.16. The molecule has 1 aliphatic rings. The number of hydrogen-bond donors (Lipinski definition) is 0. The lowest BCUT2D eigenvalue weighted by molar-refractivity contribution is 0.296. The van der Waals surface area contributed by atoms with Gasteiger partial charge in [-0.25, -0.2) is 0 Å². The van der Waals surface area contributed by atoms with Crippen LogP contribution in [0.3, 0.4) is 0 Å². The number of methoxy groups -OCH3 is 1. The van der Waals surface area contributed by atoms with Gasteiger partial charge >= 0.3 is 0 Å². The number of rotatable bonds is 4. The van der Waals surface area contributed by atoms with Crippen molar-refractivity contribution in [2.24, 2.45) is 0 Å². The van der Waals surface area contributed by atoms with Gasteiger partial charge in [-0.1, -0.05) is 85.0 Å². The molecule has 2 nitrogen and oxygen atoms in total. The molecule has 0 saturated heterocycles. The van der Waals surface area contributed by atoms with Crippen molar-refractivity contribution in [3.8, 4) is 28.2 Å². The Labute approximate surface area is 141 Å². The van der Waals surface area contributed by atoms with Crippen LogP contribution in [-0.2, 0) is 0 Å². The van der Waals surface area contributed by atoms with Crippen molar-refractivity contribution >= 4 is 0 Å². The smallest absolute Gasteiger partial charge is 0.293 e. The Morgan fingerprint density at radius 1 is 0.750 bits per heavy atom. The minimum Gasteiger partial charge on any atom is -0.468 e. The van der Waals surface area contributed by atoms with Crippen LogP contribution in [0, 0.1) is 0 Å². The standard InChI is InChI=1S/C22H18O2/c1-23-22-20(17-12-6-3-7-13-17)19(16-10-4-2-5-11-16)21(24-22)18-14-8-9-15-18/h2-15,18H,1H3. The van der Waals surface area contributed by atoms with E-state index < -0.39 is 0 Å². The molecule has 24 heavy (non-hydrogen) atoms. The van der Waals surface area contributed by atoms with Crippen LogP contribution in [-0.4, -0.2) is 7.11 Å². The molecule has 0 radical (unpaired) electrons. The van der Waals surface area contributed by atoms with Crippen LogP contribution >= 0.6 is 0 Å². The van der Waals surface area contributed by atoms with E-state index in [4.69, 9.17) is 9.15 Å². The molecule has 0 amide bonds. The van der Waals surface area contributed by atoms with Gasteiger partial charge in [-0.2, -0.15) is 0 Å². The van der Waals surface area contributed by atoms with Gasteiger partial charge in [-0.05, 0) is 11.1 Å². The van der Waals surface area contributed by atoms with Gasteiger partial charge in [0.05, 0.1) is 18.6 Å². The first-order valence-corrected chi connectivity index (χ1v) is 8.05. The van der Waals surface area contributed by atoms with Crippen LogP contribution in [0.2, 0.25) is 0 Å². The van der Waals surface area contributed by atoms with Crippen molar-refractivity contribution in [3.05, 3.63) is 90.7 Å². The van der Waals surface area contributed by atoms with E-state index in [-0.39, 0.29) is 5.92 Å². The summed E-state index contributed by atoms with van der Waals surface area (Å²) in [7, 11) is 1.66. The highest BCUT2D eigenvalue weighted by molar-refractivity contribution is 5.88. The number of ether oxygens (including phenoxy) is 1. The van der Waals surface area contributed by atoms with Crippen molar-refractivity contribution in [2.45, 2.75) is 5.92 Å². The molecule has 0 bridgehead atoms. The molecule has 0 unspecified atom stereocenters. The third kappa shape index (κ3) is 2.46. The molecule has 3 aromatic rings. The summed E-state index contributed by atoms with van der Waals surface area (Å²) >= 11 is 0. The zero-order chi connectivity index (χ0) is 16.4. The summed E-state index contributed by atoms with van der Waals surface area (Å²) in [5.74, 6) is 1.61. The van der Waals surface area contributed by atoms with Crippen LogP contribution in [0.15, 0.2) is 89.4 Å². The van der Waals surface area contributed by atoms with Crippen molar-refractivity contribution in [1.29, 1.82) is 0 Å². The molecule has 1 aliphatic carbocycles. The van der Waals surface area contributed by atoms with Gasteiger partial charge in [0.1, 0.15) is 5.76 Å². The van der Waals surface area contributed by atoms with E-state index >= 15 is 0 Å². The fourth-order valence-electron chi connectivity index (χ4n) is 3.17. The Morgan fingerprint density at radius 2 is 1.29 bits per heavy atom.